The quantitative estimate of drug-likeness (QED) is 0.187. The monoisotopic (exact) mass is 298 g/mol. The van der Waals surface area contributed by atoms with Crippen molar-refractivity contribution in [2.24, 2.45) is 0 Å². The van der Waals surface area contributed by atoms with Gasteiger partial charge in [0.2, 0.25) is 5.91 Å². The number of carbonyl (C=O) groups excluding carboxylic acids is 1. The molecule has 0 aliphatic heterocycles. The van der Waals surface area contributed by atoms with Gasteiger partial charge in [-0.15, -0.1) is 0 Å². The topological polar surface area (TPSA) is 151 Å². The predicted molar refractivity (Wildman–Crippen MR) is 76.7 cm³/mol. The Balaban J connectivity index is 2.44. The lowest BCUT2D eigenvalue weighted by molar-refractivity contribution is -0.383. The molecular formula is C12H18N4O5. The molecule has 9 nitrogen and oxygen atoms in total. The van der Waals surface area contributed by atoms with Crippen LogP contribution in [0.15, 0.2) is 18.2 Å². The number of benzene rings is 1. The Morgan fingerprint density at radius 2 is 2.19 bits per heavy atom. The third kappa shape index (κ3) is 5.73. The highest BCUT2D eigenvalue weighted by molar-refractivity contribution is 5.91. The van der Waals surface area contributed by atoms with Gasteiger partial charge in [0.1, 0.15) is 5.69 Å². The van der Waals surface area contributed by atoms with E-state index < -0.39 is 11.0 Å². The minimum atomic E-state index is -0.868. The highest BCUT2D eigenvalue weighted by Crippen LogP contribution is 2.24. The number of aliphatic hydroxyl groups is 2. The minimum absolute atomic E-state index is 0.0256. The molecule has 0 radical (unpaired) electrons. The van der Waals surface area contributed by atoms with Crippen LogP contribution >= 0.6 is 0 Å². The lowest BCUT2D eigenvalue weighted by atomic mass is 10.2. The molecule has 6 N–H and O–H groups in total. The van der Waals surface area contributed by atoms with Gasteiger partial charge in [-0.2, -0.15) is 0 Å². The molecular weight excluding hydrogens is 280 g/mol. The number of nitrogen functional groups attached to an aromatic ring is 1. The maximum atomic E-state index is 11.6. The molecule has 0 spiro atoms. The second-order valence-electron chi connectivity index (χ2n) is 4.37. The molecule has 0 aromatic heterocycles. The number of amides is 1. The summed E-state index contributed by atoms with van der Waals surface area (Å²) in [5.74, 6) is -0.333. The molecule has 1 unspecified atom stereocenters. The van der Waals surface area contributed by atoms with Gasteiger partial charge in [-0.05, 0) is 12.1 Å². The molecule has 21 heavy (non-hydrogen) atoms. The van der Waals surface area contributed by atoms with Gasteiger partial charge in [0.15, 0.2) is 0 Å². The molecule has 0 saturated carbocycles. The summed E-state index contributed by atoms with van der Waals surface area (Å²) in [5.41, 5.74) is 5.50. The van der Waals surface area contributed by atoms with Crippen LogP contribution in [0.2, 0.25) is 0 Å². The maximum Gasteiger partial charge on any atom is 0.294 e. The number of nitrogens with zero attached hydrogens (tertiary/aromatic N) is 1. The van der Waals surface area contributed by atoms with Gasteiger partial charge >= 0.3 is 0 Å². The largest absolute Gasteiger partial charge is 0.394 e. The molecule has 0 fully saturated rings. The van der Waals surface area contributed by atoms with Gasteiger partial charge in [-0.3, -0.25) is 14.9 Å². The van der Waals surface area contributed by atoms with E-state index >= 15 is 0 Å². The average molecular weight is 298 g/mol. The molecule has 0 aliphatic carbocycles. The zero-order valence-corrected chi connectivity index (χ0v) is 11.3. The highest BCUT2D eigenvalue weighted by atomic mass is 16.6. The number of nitrogens with two attached hydrogens (primary N) is 1. The molecule has 0 heterocycles. The summed E-state index contributed by atoms with van der Waals surface area (Å²) in [5, 5.41) is 33.7. The Labute approximate surface area is 120 Å². The molecule has 0 bridgehead atoms. The third-order valence-corrected chi connectivity index (χ3v) is 2.63. The number of aliphatic hydroxyl groups excluding tert-OH is 2. The molecule has 0 aliphatic rings. The summed E-state index contributed by atoms with van der Waals surface area (Å²) in [4.78, 5) is 21.7. The van der Waals surface area contributed by atoms with Crippen molar-refractivity contribution in [2.45, 2.75) is 12.5 Å². The Bertz CT molecular complexity index is 508. The summed E-state index contributed by atoms with van der Waals surface area (Å²) in [6.07, 6.45) is -0.746. The first-order valence-corrected chi connectivity index (χ1v) is 6.27. The zero-order valence-electron chi connectivity index (χ0n) is 11.3. The molecule has 116 valence electrons. The van der Waals surface area contributed by atoms with Crippen LogP contribution in [0.4, 0.5) is 17.1 Å². The lowest BCUT2D eigenvalue weighted by Gasteiger charge is -2.09. The van der Waals surface area contributed by atoms with E-state index in [1.807, 2.05) is 0 Å². The van der Waals surface area contributed by atoms with Crippen LogP contribution in [-0.2, 0) is 4.79 Å². The number of hydrogen-bond acceptors (Lipinski definition) is 7. The van der Waals surface area contributed by atoms with Crippen molar-refractivity contribution in [2.75, 3.05) is 30.7 Å². The van der Waals surface area contributed by atoms with Crippen molar-refractivity contribution in [3.63, 3.8) is 0 Å². The molecule has 1 aromatic carbocycles. The first kappa shape index (κ1) is 16.8. The first-order chi connectivity index (χ1) is 9.93. The molecule has 1 atom stereocenters. The fourth-order valence-electron chi connectivity index (χ4n) is 1.54. The van der Waals surface area contributed by atoms with Gasteiger partial charge in [-0.1, -0.05) is 0 Å². The van der Waals surface area contributed by atoms with Crippen LogP contribution in [-0.4, -0.2) is 46.8 Å². The molecule has 1 aromatic rings. The van der Waals surface area contributed by atoms with Crippen LogP contribution in [0.1, 0.15) is 6.42 Å². The Hall–Kier alpha value is -2.23. The summed E-state index contributed by atoms with van der Waals surface area (Å²) < 4.78 is 0. The van der Waals surface area contributed by atoms with Gasteiger partial charge in [0.25, 0.3) is 5.69 Å². The molecule has 1 amide bonds. The number of carbonyl (C=O) groups is 1. The Morgan fingerprint density at radius 3 is 2.81 bits per heavy atom. The van der Waals surface area contributed by atoms with Crippen molar-refractivity contribution in [3.05, 3.63) is 28.3 Å². The Morgan fingerprint density at radius 1 is 1.48 bits per heavy atom. The lowest BCUT2D eigenvalue weighted by Crippen LogP contribution is -2.31. The standard InChI is InChI=1S/C12H18N4O5/c13-10-2-1-8(5-11(10)16(20)21)15-12(19)3-4-14-6-9(18)7-17/h1-2,5,9,14,17-18H,3-4,6-7,13H2,(H,15,19). The summed E-state index contributed by atoms with van der Waals surface area (Å²) in [6.45, 7) is 0.130. The number of anilines is 2. The van der Waals surface area contributed by atoms with Gasteiger partial charge in [0.05, 0.1) is 17.6 Å². The van der Waals surface area contributed by atoms with E-state index in [1.165, 1.54) is 18.2 Å². The van der Waals surface area contributed by atoms with Crippen LogP contribution in [0.25, 0.3) is 0 Å². The molecule has 0 saturated heterocycles. The van der Waals surface area contributed by atoms with E-state index in [0.29, 0.717) is 6.54 Å². The van der Waals surface area contributed by atoms with E-state index in [9.17, 15) is 14.9 Å². The van der Waals surface area contributed by atoms with E-state index in [1.54, 1.807) is 0 Å². The highest BCUT2D eigenvalue weighted by Gasteiger charge is 2.13. The van der Waals surface area contributed by atoms with E-state index in [4.69, 9.17) is 15.9 Å². The summed E-state index contributed by atoms with van der Waals surface area (Å²) in [7, 11) is 0. The van der Waals surface area contributed by atoms with E-state index in [2.05, 4.69) is 10.6 Å². The number of rotatable bonds is 8. The van der Waals surface area contributed by atoms with Crippen molar-refractivity contribution in [1.82, 2.24) is 5.32 Å². The van der Waals surface area contributed by atoms with Crippen LogP contribution in [0.3, 0.4) is 0 Å². The van der Waals surface area contributed by atoms with E-state index in [0.717, 1.165) is 0 Å². The van der Waals surface area contributed by atoms with Crippen LogP contribution in [0.5, 0.6) is 0 Å². The fourth-order valence-corrected chi connectivity index (χ4v) is 1.54. The van der Waals surface area contributed by atoms with Crippen molar-refractivity contribution >= 4 is 23.0 Å². The molecule has 9 heteroatoms. The van der Waals surface area contributed by atoms with Gasteiger partial charge in [0, 0.05) is 31.3 Å². The maximum absolute atomic E-state index is 11.6. The second kappa shape index (κ2) is 8.15. The van der Waals surface area contributed by atoms with Crippen LogP contribution in [0, 0.1) is 10.1 Å². The van der Waals surface area contributed by atoms with E-state index in [-0.39, 0.29) is 42.5 Å². The Kier molecular flexibility index (Phi) is 6.53. The number of hydrogen-bond donors (Lipinski definition) is 5. The number of nitro groups is 1. The van der Waals surface area contributed by atoms with Crippen molar-refractivity contribution in [1.29, 1.82) is 0 Å². The van der Waals surface area contributed by atoms with Crippen LogP contribution < -0.4 is 16.4 Å². The zero-order chi connectivity index (χ0) is 15.8. The smallest absolute Gasteiger partial charge is 0.294 e. The van der Waals surface area contributed by atoms with Gasteiger partial charge in [-0.25, -0.2) is 0 Å². The van der Waals surface area contributed by atoms with Crippen molar-refractivity contribution < 1.29 is 19.9 Å². The number of nitrogens with one attached hydrogen (secondary N) is 2. The molecule has 1 rings (SSSR count). The minimum Gasteiger partial charge on any atom is -0.394 e. The van der Waals surface area contributed by atoms with Crippen molar-refractivity contribution in [3.8, 4) is 0 Å². The summed E-state index contributed by atoms with van der Waals surface area (Å²) in [6, 6.07) is 4.02. The fraction of sp³-hybridized carbons (Fsp3) is 0.417. The average Bonchev–Trinajstić information content (AvgIpc) is 2.45. The predicted octanol–water partition coefficient (Wildman–Crippen LogP) is -0.552. The third-order valence-electron chi connectivity index (χ3n) is 2.63. The van der Waals surface area contributed by atoms with Gasteiger partial charge < -0.3 is 26.6 Å². The normalized spacial score (nSPS) is 11.9. The first-order valence-electron chi connectivity index (χ1n) is 6.27. The SMILES string of the molecule is Nc1ccc(NC(=O)CCNCC(O)CO)cc1[N+](=O)[O-]. The second-order valence-corrected chi connectivity index (χ2v) is 4.37. The number of nitro benzene ring substituents is 1. The summed E-state index contributed by atoms with van der Waals surface area (Å²) >= 11 is 0.